The molecule has 0 heterocycles. The Kier molecular flexibility index (Phi) is 6.83. The smallest absolute Gasteiger partial charge is 0.311 e. The van der Waals surface area contributed by atoms with Crippen LogP contribution in [0.25, 0.3) is 0 Å². The van der Waals surface area contributed by atoms with Gasteiger partial charge in [-0.15, -0.1) is 0 Å². The first-order valence-corrected chi connectivity index (χ1v) is 13.5. The lowest BCUT2D eigenvalue weighted by atomic mass is 9.43. The largest absolute Gasteiger partial charge is 0.461 e. The monoisotopic (exact) mass is 492 g/mol. The molecule has 7 heteroatoms. The molecule has 4 aliphatic carbocycles. The van der Waals surface area contributed by atoms with E-state index >= 15 is 0 Å². The van der Waals surface area contributed by atoms with Gasteiger partial charge in [0.05, 0.1) is 16.4 Å². The summed E-state index contributed by atoms with van der Waals surface area (Å²) >= 11 is 0. The van der Waals surface area contributed by atoms with Crippen molar-refractivity contribution in [2.24, 2.45) is 34.0 Å². The van der Waals surface area contributed by atoms with Crippen LogP contribution in [0.1, 0.15) is 106 Å². The average molecular weight is 493 g/mol. The number of esters is 3. The third kappa shape index (κ3) is 4.19. The molecule has 4 rings (SSSR count). The Hall–Kier alpha value is -1.63. The van der Waals surface area contributed by atoms with Gasteiger partial charge >= 0.3 is 17.9 Å². The molecule has 7 atom stereocenters. The third-order valence-corrected chi connectivity index (χ3v) is 10.1. The van der Waals surface area contributed by atoms with Crippen molar-refractivity contribution in [3.05, 3.63) is 0 Å². The fourth-order valence-electron chi connectivity index (χ4n) is 8.39. The maximum atomic E-state index is 12.8. The van der Waals surface area contributed by atoms with Crippen molar-refractivity contribution >= 4 is 17.9 Å². The first-order valence-electron chi connectivity index (χ1n) is 13.5. The van der Waals surface area contributed by atoms with Crippen LogP contribution in [0, 0.1) is 34.0 Å². The lowest BCUT2D eigenvalue weighted by Crippen LogP contribution is -2.66. The first kappa shape index (κ1) is 26.4. The average Bonchev–Trinajstić information content (AvgIpc) is 3.02. The van der Waals surface area contributed by atoms with Gasteiger partial charge in [0.2, 0.25) is 0 Å². The number of hydrogen-bond donors (Lipinski definition) is 1. The molecule has 35 heavy (non-hydrogen) atoms. The zero-order valence-corrected chi connectivity index (χ0v) is 22.4. The second kappa shape index (κ2) is 9.04. The fourth-order valence-corrected chi connectivity index (χ4v) is 8.39. The predicted octanol–water partition coefficient (Wildman–Crippen LogP) is 4.92. The highest BCUT2D eigenvalue weighted by Gasteiger charge is 2.70. The summed E-state index contributed by atoms with van der Waals surface area (Å²) in [5.74, 6) is -0.807. The Bertz CT molecular complexity index is 846. The summed E-state index contributed by atoms with van der Waals surface area (Å²) in [6, 6.07) is 0. The fraction of sp³-hybridized carbons (Fsp3) is 0.893. The van der Waals surface area contributed by atoms with Crippen LogP contribution >= 0.6 is 0 Å². The quantitative estimate of drug-likeness (QED) is 0.439. The van der Waals surface area contributed by atoms with E-state index in [4.69, 9.17) is 14.2 Å². The van der Waals surface area contributed by atoms with Gasteiger partial charge < -0.3 is 19.3 Å². The van der Waals surface area contributed by atoms with Crippen molar-refractivity contribution < 1.29 is 33.7 Å². The minimum atomic E-state index is -0.981. The number of ether oxygens (including phenoxy) is 3. The van der Waals surface area contributed by atoms with E-state index in [0.717, 1.165) is 44.9 Å². The van der Waals surface area contributed by atoms with Gasteiger partial charge in [-0.1, -0.05) is 19.8 Å². The van der Waals surface area contributed by atoms with Gasteiger partial charge in [0.15, 0.2) is 0 Å². The van der Waals surface area contributed by atoms with Gasteiger partial charge in [-0.05, 0) is 89.9 Å². The number of aliphatic hydroxyl groups is 1. The lowest BCUT2D eigenvalue weighted by molar-refractivity contribution is -0.279. The highest BCUT2D eigenvalue weighted by atomic mass is 16.7. The van der Waals surface area contributed by atoms with E-state index in [9.17, 15) is 19.5 Å². The second-order valence-corrected chi connectivity index (χ2v) is 13.0. The lowest BCUT2D eigenvalue weighted by Gasteiger charge is -2.64. The summed E-state index contributed by atoms with van der Waals surface area (Å²) in [6.45, 7) is 10.4. The Balaban J connectivity index is 1.70. The molecule has 0 amide bonds. The topological polar surface area (TPSA) is 99.1 Å². The van der Waals surface area contributed by atoms with Crippen molar-refractivity contribution in [3.8, 4) is 0 Å². The molecular weight excluding hydrogens is 448 g/mol. The van der Waals surface area contributed by atoms with Gasteiger partial charge in [-0.3, -0.25) is 14.4 Å². The standard InChI is InChI=1S/C28H44O7/c1-17(29)33-24(34-18(2)30)27-14-8-7-9-19(27)10-11-21-20(27)12-15-26(6)22(13-16-28(21,26)32)35-23(31)25(3,4)5/h19-22,24,32H,7-16H2,1-6H3/t19?,20-,21-,22?,26-,27-,28-/m1/s1. The molecule has 0 spiro atoms. The molecule has 0 aromatic carbocycles. The van der Waals surface area contributed by atoms with Crippen molar-refractivity contribution in [2.45, 2.75) is 124 Å². The molecule has 4 aliphatic rings. The van der Waals surface area contributed by atoms with E-state index in [1.165, 1.54) is 13.8 Å². The molecule has 4 saturated carbocycles. The Morgan fingerprint density at radius 3 is 2.11 bits per heavy atom. The second-order valence-electron chi connectivity index (χ2n) is 13.0. The number of hydrogen-bond acceptors (Lipinski definition) is 7. The maximum Gasteiger partial charge on any atom is 0.311 e. The van der Waals surface area contributed by atoms with Crippen LogP contribution in [0.5, 0.6) is 0 Å². The highest BCUT2D eigenvalue weighted by Crippen LogP contribution is 2.69. The van der Waals surface area contributed by atoms with Crippen LogP contribution in [0.15, 0.2) is 0 Å². The van der Waals surface area contributed by atoms with Gasteiger partial charge in [0.25, 0.3) is 6.29 Å². The Labute approximate surface area is 209 Å². The summed E-state index contributed by atoms with van der Waals surface area (Å²) in [5.41, 5.74) is -2.60. The van der Waals surface area contributed by atoms with E-state index < -0.39 is 40.1 Å². The van der Waals surface area contributed by atoms with E-state index in [2.05, 4.69) is 6.92 Å². The van der Waals surface area contributed by atoms with E-state index in [-0.39, 0.29) is 29.8 Å². The van der Waals surface area contributed by atoms with Gasteiger partial charge in [0.1, 0.15) is 6.10 Å². The zero-order chi connectivity index (χ0) is 25.8. The minimum Gasteiger partial charge on any atom is -0.461 e. The normalized spacial score (nSPS) is 40.8. The molecule has 1 N–H and O–H groups in total. The van der Waals surface area contributed by atoms with E-state index in [0.29, 0.717) is 19.3 Å². The summed E-state index contributed by atoms with van der Waals surface area (Å²) in [6.07, 6.45) is 7.24. The Morgan fingerprint density at radius 2 is 1.51 bits per heavy atom. The van der Waals surface area contributed by atoms with E-state index in [1.807, 2.05) is 20.8 Å². The third-order valence-electron chi connectivity index (χ3n) is 10.1. The van der Waals surface area contributed by atoms with Gasteiger partial charge in [-0.25, -0.2) is 0 Å². The molecule has 2 unspecified atom stereocenters. The molecule has 0 aromatic rings. The number of carbonyl (C=O) groups is 3. The SMILES string of the molecule is CC(=O)OC(OC(C)=O)[C@]12CCCCC1CC[C@@H]1[C@H]2CC[C@]2(C)C(OC(=O)C(C)(C)C)CC[C@@]12O. The predicted molar refractivity (Wildman–Crippen MR) is 129 cm³/mol. The van der Waals surface area contributed by atoms with Crippen LogP contribution in [0.4, 0.5) is 0 Å². The van der Waals surface area contributed by atoms with Crippen LogP contribution in [0.3, 0.4) is 0 Å². The molecule has 0 radical (unpaired) electrons. The number of fused-ring (bicyclic) bond motifs is 5. The summed E-state index contributed by atoms with van der Waals surface area (Å²) in [5, 5.41) is 12.4. The number of rotatable bonds is 4. The molecule has 0 saturated heterocycles. The van der Waals surface area contributed by atoms with Crippen molar-refractivity contribution in [1.82, 2.24) is 0 Å². The van der Waals surface area contributed by atoms with Gasteiger partial charge in [-0.2, -0.15) is 0 Å². The molecule has 198 valence electrons. The molecular formula is C28H44O7. The molecule has 4 fully saturated rings. The summed E-state index contributed by atoms with van der Waals surface area (Å²) in [7, 11) is 0. The van der Waals surface area contributed by atoms with Gasteiger partial charge in [0, 0.05) is 19.3 Å². The maximum absolute atomic E-state index is 12.8. The van der Waals surface area contributed by atoms with Crippen molar-refractivity contribution in [1.29, 1.82) is 0 Å². The minimum absolute atomic E-state index is 0.0254. The molecule has 0 aliphatic heterocycles. The van der Waals surface area contributed by atoms with Crippen LogP contribution < -0.4 is 0 Å². The zero-order valence-electron chi connectivity index (χ0n) is 22.4. The molecule has 0 bridgehead atoms. The van der Waals surface area contributed by atoms with Crippen LogP contribution in [-0.2, 0) is 28.6 Å². The van der Waals surface area contributed by atoms with E-state index in [1.54, 1.807) is 0 Å². The first-order chi connectivity index (χ1) is 16.3. The molecule has 7 nitrogen and oxygen atoms in total. The summed E-state index contributed by atoms with van der Waals surface area (Å²) < 4.78 is 17.6. The molecule has 0 aromatic heterocycles. The van der Waals surface area contributed by atoms with Crippen LogP contribution in [-0.4, -0.2) is 41.0 Å². The number of carbonyl (C=O) groups excluding carboxylic acids is 3. The highest BCUT2D eigenvalue weighted by molar-refractivity contribution is 5.75. The van der Waals surface area contributed by atoms with Crippen LogP contribution in [0.2, 0.25) is 0 Å². The summed E-state index contributed by atoms with van der Waals surface area (Å²) in [4.78, 5) is 37.0. The van der Waals surface area contributed by atoms with Crippen molar-refractivity contribution in [3.63, 3.8) is 0 Å². The Morgan fingerprint density at radius 1 is 0.857 bits per heavy atom. The van der Waals surface area contributed by atoms with Crippen molar-refractivity contribution in [2.75, 3.05) is 0 Å².